The van der Waals surface area contributed by atoms with Crippen LogP contribution < -0.4 is 5.32 Å². The summed E-state index contributed by atoms with van der Waals surface area (Å²) in [4.78, 5) is 12.4. The lowest BCUT2D eigenvalue weighted by molar-refractivity contribution is -0.115. The van der Waals surface area contributed by atoms with Crippen LogP contribution >= 0.6 is 23.4 Å². The van der Waals surface area contributed by atoms with Crippen molar-refractivity contribution in [3.05, 3.63) is 58.9 Å². The number of anilines is 1. The number of nitrogens with one attached hydrogen (secondary N) is 1. The van der Waals surface area contributed by atoms with E-state index in [2.05, 4.69) is 15.5 Å². The zero-order chi connectivity index (χ0) is 23.2. The molecule has 170 valence electrons. The van der Waals surface area contributed by atoms with Crippen molar-refractivity contribution >= 4 is 35.0 Å². The van der Waals surface area contributed by atoms with E-state index < -0.39 is 0 Å². The zero-order valence-electron chi connectivity index (χ0n) is 17.6. The Hall–Kier alpha value is -2.93. The molecule has 1 unspecified atom stereocenters. The van der Waals surface area contributed by atoms with E-state index in [0.717, 1.165) is 25.0 Å². The molecule has 1 aliphatic heterocycles. The van der Waals surface area contributed by atoms with E-state index in [-0.39, 0.29) is 24.2 Å². The van der Waals surface area contributed by atoms with Gasteiger partial charge < -0.3 is 10.1 Å². The highest BCUT2D eigenvalue weighted by Crippen LogP contribution is 2.27. The van der Waals surface area contributed by atoms with Crippen LogP contribution in [0.1, 0.15) is 24.8 Å². The minimum Gasteiger partial charge on any atom is -0.376 e. The Morgan fingerprint density at radius 1 is 1.30 bits per heavy atom. The second-order valence-corrected chi connectivity index (χ2v) is 8.98. The normalized spacial score (nSPS) is 15.4. The van der Waals surface area contributed by atoms with Crippen molar-refractivity contribution in [1.82, 2.24) is 14.8 Å². The van der Waals surface area contributed by atoms with Gasteiger partial charge in [-0.25, -0.2) is 4.39 Å². The van der Waals surface area contributed by atoms with Crippen LogP contribution in [0.5, 0.6) is 0 Å². The lowest BCUT2D eigenvalue weighted by Crippen LogP contribution is -2.17. The number of amides is 1. The first-order valence-corrected chi connectivity index (χ1v) is 11.8. The van der Waals surface area contributed by atoms with Crippen molar-refractivity contribution in [3.8, 4) is 17.5 Å². The second kappa shape index (κ2) is 10.8. The predicted octanol–water partition coefficient (Wildman–Crippen LogP) is 4.91. The molecule has 2 heterocycles. The Bertz CT molecular complexity index is 1170. The van der Waals surface area contributed by atoms with Crippen molar-refractivity contribution in [2.24, 2.45) is 0 Å². The number of benzene rings is 2. The van der Waals surface area contributed by atoms with Gasteiger partial charge >= 0.3 is 0 Å². The molecule has 1 amide bonds. The number of halogens is 2. The van der Waals surface area contributed by atoms with Gasteiger partial charge in [-0.2, -0.15) is 5.26 Å². The first-order chi connectivity index (χ1) is 16.0. The molecular formula is C23H21ClFN5O2S. The lowest BCUT2D eigenvalue weighted by atomic mass is 10.2. The van der Waals surface area contributed by atoms with E-state index in [1.807, 2.05) is 10.6 Å². The van der Waals surface area contributed by atoms with Gasteiger partial charge in [-0.15, -0.1) is 10.2 Å². The molecule has 1 aliphatic rings. The van der Waals surface area contributed by atoms with Gasteiger partial charge in [-0.3, -0.25) is 9.36 Å². The monoisotopic (exact) mass is 485 g/mol. The number of nitriles is 1. The van der Waals surface area contributed by atoms with E-state index in [9.17, 15) is 9.18 Å². The lowest BCUT2D eigenvalue weighted by Gasteiger charge is -2.14. The van der Waals surface area contributed by atoms with Crippen LogP contribution in [-0.4, -0.2) is 39.1 Å². The summed E-state index contributed by atoms with van der Waals surface area (Å²) < 4.78 is 21.1. The Balaban J connectivity index is 1.41. The maximum absolute atomic E-state index is 13.4. The Morgan fingerprint density at radius 2 is 2.12 bits per heavy atom. The fourth-order valence-corrected chi connectivity index (χ4v) is 4.61. The van der Waals surface area contributed by atoms with Crippen molar-refractivity contribution in [2.75, 3.05) is 17.7 Å². The van der Waals surface area contributed by atoms with E-state index in [4.69, 9.17) is 21.6 Å². The standard InChI is InChI=1S/C23H21ClFN5O2S/c24-20-12-18(8-5-16(20)13-26)27-21(31)9-11-33-23-29-28-22(15-3-6-17(25)7-4-15)30(23)14-19-2-1-10-32-19/h3-8,12,19H,1-2,9-11,14H2,(H,27,31). The van der Waals surface area contributed by atoms with Crippen molar-refractivity contribution in [3.63, 3.8) is 0 Å². The highest BCUT2D eigenvalue weighted by Gasteiger charge is 2.22. The van der Waals surface area contributed by atoms with Crippen LogP contribution in [-0.2, 0) is 16.1 Å². The SMILES string of the molecule is N#Cc1ccc(NC(=O)CCSc2nnc(-c3ccc(F)cc3)n2CC2CCCO2)cc1Cl. The number of rotatable bonds is 8. The summed E-state index contributed by atoms with van der Waals surface area (Å²) in [5.74, 6) is 0.646. The predicted molar refractivity (Wildman–Crippen MR) is 125 cm³/mol. The molecule has 0 saturated carbocycles. The van der Waals surface area contributed by atoms with E-state index in [1.54, 1.807) is 30.3 Å². The van der Waals surface area contributed by atoms with Crippen molar-refractivity contribution in [1.29, 1.82) is 5.26 Å². The number of hydrogen-bond acceptors (Lipinski definition) is 6. The number of aromatic nitrogens is 3. The number of thioether (sulfide) groups is 1. The minimum atomic E-state index is -0.312. The molecule has 10 heteroatoms. The van der Waals surface area contributed by atoms with E-state index in [0.29, 0.717) is 39.6 Å². The molecule has 7 nitrogen and oxygen atoms in total. The molecule has 1 atom stereocenters. The van der Waals surface area contributed by atoms with Crippen LogP contribution in [0.3, 0.4) is 0 Å². The highest BCUT2D eigenvalue weighted by atomic mass is 35.5. The maximum atomic E-state index is 13.4. The molecular weight excluding hydrogens is 465 g/mol. The van der Waals surface area contributed by atoms with Gasteiger partial charge in [0, 0.05) is 30.0 Å². The van der Waals surface area contributed by atoms with Crippen molar-refractivity contribution < 1.29 is 13.9 Å². The molecule has 1 aromatic heterocycles. The van der Waals surface area contributed by atoms with Crippen LogP contribution in [0.2, 0.25) is 5.02 Å². The first kappa shape index (κ1) is 23.2. The van der Waals surface area contributed by atoms with Crippen LogP contribution in [0.4, 0.5) is 10.1 Å². The summed E-state index contributed by atoms with van der Waals surface area (Å²) in [5.41, 5.74) is 1.66. The van der Waals surface area contributed by atoms with Gasteiger partial charge in [0.2, 0.25) is 5.91 Å². The van der Waals surface area contributed by atoms with Crippen LogP contribution in [0, 0.1) is 17.1 Å². The summed E-state index contributed by atoms with van der Waals surface area (Å²) >= 11 is 7.45. The fraction of sp³-hybridized carbons (Fsp3) is 0.304. The Morgan fingerprint density at radius 3 is 2.82 bits per heavy atom. The summed E-state index contributed by atoms with van der Waals surface area (Å²) in [5, 5.41) is 21.3. The van der Waals surface area contributed by atoms with Gasteiger partial charge in [-0.1, -0.05) is 23.4 Å². The number of carbonyl (C=O) groups is 1. The molecule has 0 bridgehead atoms. The summed E-state index contributed by atoms with van der Waals surface area (Å²) in [6, 6.07) is 12.9. The molecule has 3 aromatic rings. The number of carbonyl (C=O) groups excluding carboxylic acids is 1. The minimum absolute atomic E-state index is 0.0731. The van der Waals surface area contributed by atoms with Gasteiger partial charge in [0.25, 0.3) is 0 Å². The molecule has 0 aliphatic carbocycles. The Kier molecular flexibility index (Phi) is 7.60. The van der Waals surface area contributed by atoms with E-state index >= 15 is 0 Å². The third-order valence-electron chi connectivity index (χ3n) is 5.16. The molecule has 1 N–H and O–H groups in total. The average molecular weight is 486 g/mol. The number of ether oxygens (including phenoxy) is 1. The molecule has 4 rings (SSSR count). The molecule has 2 aromatic carbocycles. The quantitative estimate of drug-likeness (QED) is 0.456. The van der Waals surface area contributed by atoms with Gasteiger partial charge in [0.1, 0.15) is 11.9 Å². The summed E-state index contributed by atoms with van der Waals surface area (Å²) in [7, 11) is 0. The van der Waals surface area contributed by atoms with Crippen LogP contribution in [0.15, 0.2) is 47.6 Å². The Labute approximate surface area is 199 Å². The summed E-state index contributed by atoms with van der Waals surface area (Å²) in [6.07, 6.45) is 2.30. The number of hydrogen-bond donors (Lipinski definition) is 1. The molecule has 1 fully saturated rings. The fourth-order valence-electron chi connectivity index (χ4n) is 3.51. The number of nitrogens with zero attached hydrogens (tertiary/aromatic N) is 4. The largest absolute Gasteiger partial charge is 0.376 e. The van der Waals surface area contributed by atoms with Crippen molar-refractivity contribution in [2.45, 2.75) is 37.1 Å². The third kappa shape index (κ3) is 5.90. The maximum Gasteiger partial charge on any atom is 0.225 e. The highest BCUT2D eigenvalue weighted by molar-refractivity contribution is 7.99. The van der Waals surface area contributed by atoms with Crippen LogP contribution in [0.25, 0.3) is 11.4 Å². The second-order valence-electron chi connectivity index (χ2n) is 7.51. The van der Waals surface area contributed by atoms with E-state index in [1.165, 1.54) is 23.9 Å². The summed E-state index contributed by atoms with van der Waals surface area (Å²) in [6.45, 7) is 1.33. The molecule has 0 radical (unpaired) electrons. The average Bonchev–Trinajstić information content (AvgIpc) is 3.45. The third-order valence-corrected chi connectivity index (χ3v) is 6.44. The van der Waals surface area contributed by atoms with Gasteiger partial charge in [0.05, 0.1) is 23.2 Å². The molecule has 0 spiro atoms. The first-order valence-electron chi connectivity index (χ1n) is 10.5. The molecule has 33 heavy (non-hydrogen) atoms. The van der Waals surface area contributed by atoms with Gasteiger partial charge in [-0.05, 0) is 55.3 Å². The topological polar surface area (TPSA) is 92.8 Å². The smallest absolute Gasteiger partial charge is 0.225 e. The van der Waals surface area contributed by atoms with Gasteiger partial charge in [0.15, 0.2) is 11.0 Å². The molecule has 1 saturated heterocycles. The zero-order valence-corrected chi connectivity index (χ0v) is 19.2.